The molecule has 6 rings (SSSR count). The minimum absolute atomic E-state index is 1.01. The van der Waals surface area contributed by atoms with E-state index < -0.39 is 0 Å². The van der Waals surface area contributed by atoms with Gasteiger partial charge in [0.1, 0.15) is 0 Å². The van der Waals surface area contributed by atoms with E-state index in [2.05, 4.69) is 137 Å². The minimum Gasteiger partial charge on any atom is -0.0616 e. The van der Waals surface area contributed by atoms with Gasteiger partial charge in [0.25, 0.3) is 0 Å². The predicted octanol–water partition coefficient (Wildman–Crippen LogP) is 10.5. The molecule has 0 fully saturated rings. The monoisotopic (exact) mass is 640 g/mol. The average molecular weight is 644 g/mol. The van der Waals surface area contributed by atoms with Crippen molar-refractivity contribution in [1.82, 2.24) is 0 Å². The predicted molar refractivity (Wildman–Crippen MR) is 145 cm³/mol. The summed E-state index contributed by atoms with van der Waals surface area (Å²) in [5, 5.41) is 12.5. The fraction of sp³-hybridized carbons (Fsp3) is 0. The van der Waals surface area contributed by atoms with E-state index in [1.807, 2.05) is 0 Å². The Morgan fingerprint density at radius 1 is 0.367 bits per heavy atom. The van der Waals surface area contributed by atoms with Crippen LogP contribution in [0.2, 0.25) is 0 Å². The molecule has 0 aliphatic heterocycles. The summed E-state index contributed by atoms with van der Waals surface area (Å²) in [5.74, 6) is 0. The highest BCUT2D eigenvalue weighted by Gasteiger charge is 2.16. The van der Waals surface area contributed by atoms with Crippen LogP contribution in [0.4, 0.5) is 0 Å². The molecule has 6 aromatic carbocycles. The zero-order chi connectivity index (χ0) is 20.6. The maximum Gasteiger partial charge on any atom is 0.0477 e. The van der Waals surface area contributed by atoms with Crippen LogP contribution in [0.25, 0.3) is 53.9 Å². The second-order valence-corrected chi connectivity index (χ2v) is 10.7. The first-order valence-corrected chi connectivity index (χ1v) is 12.6. The molecule has 0 aromatic heterocycles. The summed E-state index contributed by atoms with van der Waals surface area (Å²) in [6.07, 6.45) is 0. The molecule has 0 aliphatic carbocycles. The lowest BCUT2D eigenvalue weighted by molar-refractivity contribution is 1.58. The van der Waals surface area contributed by atoms with E-state index in [9.17, 15) is 0 Å². The molecule has 0 saturated heterocycles. The molecule has 0 saturated carbocycles. The Balaban J connectivity index is 1.76. The van der Waals surface area contributed by atoms with Crippen LogP contribution in [0.1, 0.15) is 0 Å². The number of hydrogen-bond acceptors (Lipinski definition) is 0. The summed E-state index contributed by atoms with van der Waals surface area (Å²) in [4.78, 5) is 0. The van der Waals surface area contributed by atoms with Crippen molar-refractivity contribution in [3.8, 4) is 0 Å². The lowest BCUT2D eigenvalue weighted by Crippen LogP contribution is -1.86. The zero-order valence-corrected chi connectivity index (χ0v) is 21.8. The van der Waals surface area contributed by atoms with Crippen molar-refractivity contribution in [3.63, 3.8) is 0 Å². The smallest absolute Gasteiger partial charge is 0.0477 e. The normalized spacial score (nSPS) is 12.0. The minimum atomic E-state index is 1.01. The second kappa shape index (κ2) is 7.03. The topological polar surface area (TPSA) is 0 Å². The van der Waals surface area contributed by atoms with Crippen molar-refractivity contribution in [1.29, 1.82) is 0 Å². The molecule has 0 heterocycles. The van der Waals surface area contributed by atoms with E-state index >= 15 is 0 Å². The molecule has 0 spiro atoms. The lowest BCUT2D eigenvalue weighted by atomic mass is 9.95. The number of rotatable bonds is 0. The molecule has 0 unspecified atom stereocenters. The fourth-order valence-corrected chi connectivity index (χ4v) is 6.85. The van der Waals surface area contributed by atoms with Crippen LogP contribution in [-0.4, -0.2) is 0 Å². The van der Waals surface area contributed by atoms with Crippen molar-refractivity contribution in [2.45, 2.75) is 0 Å². The first-order valence-electron chi connectivity index (χ1n) is 9.46. The Morgan fingerprint density at radius 2 is 0.867 bits per heavy atom. The van der Waals surface area contributed by atoms with Crippen LogP contribution < -0.4 is 0 Å². The summed E-state index contributed by atoms with van der Waals surface area (Å²) in [6, 6.07) is 26.8. The Morgan fingerprint density at radius 3 is 1.50 bits per heavy atom. The van der Waals surface area contributed by atoms with Crippen LogP contribution in [-0.2, 0) is 0 Å². The van der Waals surface area contributed by atoms with Crippen LogP contribution in [0.3, 0.4) is 0 Å². The number of halogens is 4. The van der Waals surface area contributed by atoms with Gasteiger partial charge in [0.15, 0.2) is 0 Å². The molecule has 30 heavy (non-hydrogen) atoms. The van der Waals surface area contributed by atoms with Gasteiger partial charge in [-0.3, -0.25) is 0 Å². The summed E-state index contributed by atoms with van der Waals surface area (Å²) < 4.78 is 4.14. The Labute approximate surface area is 206 Å². The molecular formula is C26H12Br4. The molecule has 0 bridgehead atoms. The first kappa shape index (κ1) is 19.2. The third kappa shape index (κ3) is 2.81. The zero-order valence-electron chi connectivity index (χ0n) is 15.4. The van der Waals surface area contributed by atoms with E-state index in [1.165, 1.54) is 53.9 Å². The Hall–Kier alpha value is -1.46. The standard InChI is InChI=1S/C26H12Br4/c27-23-20-6-5-15-9-18-10-16-7-13-3-1-2-4-14(13)8-17(16)11-19(18)12-21(15)22(20)24(28)26(30)25(23)29/h1-12H. The third-order valence-corrected chi connectivity index (χ3v) is 10.6. The highest BCUT2D eigenvalue weighted by atomic mass is 79.9. The Kier molecular flexibility index (Phi) is 4.51. The van der Waals surface area contributed by atoms with Gasteiger partial charge in [-0.2, -0.15) is 0 Å². The summed E-state index contributed by atoms with van der Waals surface area (Å²) in [5.41, 5.74) is 0. The lowest BCUT2D eigenvalue weighted by Gasteiger charge is -2.13. The maximum absolute atomic E-state index is 3.82. The van der Waals surface area contributed by atoms with Crippen molar-refractivity contribution in [2.75, 3.05) is 0 Å². The Bertz CT molecular complexity index is 1680. The van der Waals surface area contributed by atoms with Crippen molar-refractivity contribution in [3.05, 3.63) is 90.7 Å². The molecule has 0 aliphatic rings. The van der Waals surface area contributed by atoms with E-state index in [0.29, 0.717) is 0 Å². The highest BCUT2D eigenvalue weighted by molar-refractivity contribution is 9.15. The van der Waals surface area contributed by atoms with Crippen molar-refractivity contribution < 1.29 is 0 Å². The summed E-state index contributed by atoms with van der Waals surface area (Å²) >= 11 is 15.0. The quantitative estimate of drug-likeness (QED) is 0.0669. The highest BCUT2D eigenvalue weighted by Crippen LogP contribution is 2.46. The molecule has 0 radical (unpaired) electrons. The molecule has 6 aromatic rings. The van der Waals surface area contributed by atoms with Crippen molar-refractivity contribution in [2.24, 2.45) is 0 Å². The fourth-order valence-electron chi connectivity index (χ4n) is 4.36. The molecule has 4 heteroatoms. The molecular weight excluding hydrogens is 632 g/mol. The molecule has 144 valence electrons. The van der Waals surface area contributed by atoms with Gasteiger partial charge in [-0.1, -0.05) is 36.4 Å². The molecule has 0 nitrogen and oxygen atoms in total. The van der Waals surface area contributed by atoms with Gasteiger partial charge in [0.05, 0.1) is 0 Å². The van der Waals surface area contributed by atoms with Crippen LogP contribution >= 0.6 is 63.7 Å². The van der Waals surface area contributed by atoms with Gasteiger partial charge in [-0.05, 0) is 149 Å². The summed E-state index contributed by atoms with van der Waals surface area (Å²) in [7, 11) is 0. The van der Waals surface area contributed by atoms with Gasteiger partial charge in [0, 0.05) is 23.3 Å². The van der Waals surface area contributed by atoms with Gasteiger partial charge in [-0.15, -0.1) is 0 Å². The van der Waals surface area contributed by atoms with Crippen molar-refractivity contribution >= 4 is 118 Å². The van der Waals surface area contributed by atoms with Gasteiger partial charge in [0.2, 0.25) is 0 Å². The average Bonchev–Trinajstić information content (AvgIpc) is 2.76. The number of hydrogen-bond donors (Lipinski definition) is 0. The van der Waals surface area contributed by atoms with Crippen LogP contribution in [0.5, 0.6) is 0 Å². The summed E-state index contributed by atoms with van der Waals surface area (Å²) in [6.45, 7) is 0. The van der Waals surface area contributed by atoms with E-state index in [1.54, 1.807) is 0 Å². The molecule has 0 N–H and O–H groups in total. The van der Waals surface area contributed by atoms with E-state index in [0.717, 1.165) is 17.9 Å². The third-order valence-electron chi connectivity index (χ3n) is 5.83. The maximum atomic E-state index is 3.82. The van der Waals surface area contributed by atoms with Crippen LogP contribution in [0, 0.1) is 0 Å². The van der Waals surface area contributed by atoms with Crippen LogP contribution in [0.15, 0.2) is 90.7 Å². The second-order valence-electron chi connectivity index (χ2n) is 7.56. The van der Waals surface area contributed by atoms with Gasteiger partial charge < -0.3 is 0 Å². The largest absolute Gasteiger partial charge is 0.0616 e. The molecule has 0 amide bonds. The molecule has 0 atom stereocenters. The van der Waals surface area contributed by atoms with E-state index in [4.69, 9.17) is 0 Å². The van der Waals surface area contributed by atoms with Gasteiger partial charge >= 0.3 is 0 Å². The number of fused-ring (bicyclic) bond motifs is 6. The van der Waals surface area contributed by atoms with Gasteiger partial charge in [-0.25, -0.2) is 0 Å². The SMILES string of the molecule is Brc1c(Br)c(Br)c2c(ccc3cc4cc5cc6ccccc6cc5cc4cc32)c1Br. The first-order chi connectivity index (χ1) is 14.5. The number of benzene rings is 6. The van der Waals surface area contributed by atoms with E-state index in [-0.39, 0.29) is 0 Å².